The van der Waals surface area contributed by atoms with Crippen molar-refractivity contribution >= 4 is 16.0 Å². The van der Waals surface area contributed by atoms with Gasteiger partial charge in [-0.25, -0.2) is 18.1 Å². The van der Waals surface area contributed by atoms with E-state index in [1.807, 2.05) is 68.6 Å². The molecule has 0 aliphatic carbocycles. The number of piperidine rings is 1. The van der Waals surface area contributed by atoms with Gasteiger partial charge in [-0.2, -0.15) is 5.26 Å². The van der Waals surface area contributed by atoms with Gasteiger partial charge in [-0.1, -0.05) is 36.4 Å². The average molecular weight is 564 g/mol. The summed E-state index contributed by atoms with van der Waals surface area (Å²) in [5.74, 6) is 0.763. The minimum atomic E-state index is -3.30. The third kappa shape index (κ3) is 7.56. The van der Waals surface area contributed by atoms with Gasteiger partial charge in [0, 0.05) is 25.8 Å². The molecule has 0 amide bonds. The second-order valence-electron chi connectivity index (χ2n) is 10.6. The minimum absolute atomic E-state index is 0.170. The van der Waals surface area contributed by atoms with E-state index in [0.29, 0.717) is 38.0 Å². The normalized spacial score (nSPS) is 15.4. The summed E-state index contributed by atoms with van der Waals surface area (Å²) < 4.78 is 33.3. The Morgan fingerprint density at radius 2 is 1.80 bits per heavy atom. The number of benzene rings is 2. The van der Waals surface area contributed by atoms with E-state index in [9.17, 15) is 13.2 Å². The van der Waals surface area contributed by atoms with E-state index in [1.54, 1.807) is 0 Å². The molecule has 212 valence electrons. The predicted octanol–water partition coefficient (Wildman–Crippen LogP) is 3.55. The number of carbonyl (C=O) groups excluding carboxylic acids is 1. The molecule has 1 aliphatic rings. The number of esters is 1. The molecule has 1 fully saturated rings. The minimum Gasteiger partial charge on any atom is -0.466 e. The second kappa shape index (κ2) is 12.8. The van der Waals surface area contributed by atoms with E-state index in [1.165, 1.54) is 0 Å². The summed E-state index contributed by atoms with van der Waals surface area (Å²) in [7, 11) is -3.30. The van der Waals surface area contributed by atoms with Gasteiger partial charge in [-0.05, 0) is 75.0 Å². The Hall–Kier alpha value is -3.52. The van der Waals surface area contributed by atoms with Crippen LogP contribution in [0, 0.1) is 23.7 Å². The summed E-state index contributed by atoms with van der Waals surface area (Å²) in [4.78, 5) is 20.2. The summed E-state index contributed by atoms with van der Waals surface area (Å²) in [6.07, 6.45) is 4.94. The Morgan fingerprint density at radius 1 is 1.10 bits per heavy atom. The van der Waals surface area contributed by atoms with Gasteiger partial charge in [0.2, 0.25) is 10.0 Å². The Kier molecular flexibility index (Phi) is 9.40. The first-order chi connectivity index (χ1) is 19.1. The zero-order chi connectivity index (χ0) is 28.8. The lowest BCUT2D eigenvalue weighted by Gasteiger charge is -2.40. The van der Waals surface area contributed by atoms with E-state index < -0.39 is 15.4 Å². The Bertz CT molecular complexity index is 1470. The van der Waals surface area contributed by atoms with Crippen molar-refractivity contribution in [1.82, 2.24) is 19.2 Å². The highest BCUT2D eigenvalue weighted by molar-refractivity contribution is 7.88. The molecule has 40 heavy (non-hydrogen) atoms. The zero-order valence-electron chi connectivity index (χ0n) is 23.4. The Balaban J connectivity index is 1.45. The molecule has 1 aromatic heterocycles. The molecule has 1 saturated heterocycles. The molecule has 0 radical (unpaired) electrons. The smallest absolute Gasteiger partial charge is 0.312 e. The van der Waals surface area contributed by atoms with Crippen molar-refractivity contribution in [1.29, 1.82) is 5.26 Å². The van der Waals surface area contributed by atoms with Crippen LogP contribution in [0.2, 0.25) is 0 Å². The van der Waals surface area contributed by atoms with Crippen LogP contribution in [0.3, 0.4) is 0 Å². The van der Waals surface area contributed by atoms with Crippen molar-refractivity contribution in [3.05, 3.63) is 88.5 Å². The number of carbonyl (C=O) groups is 1. The van der Waals surface area contributed by atoms with Gasteiger partial charge in [0.15, 0.2) is 0 Å². The quantitative estimate of drug-likeness (QED) is 0.355. The van der Waals surface area contributed by atoms with Crippen LogP contribution in [0.25, 0.3) is 0 Å². The lowest BCUT2D eigenvalue weighted by molar-refractivity contribution is -0.158. The van der Waals surface area contributed by atoms with E-state index >= 15 is 0 Å². The highest BCUT2D eigenvalue weighted by atomic mass is 32.2. The SMILES string of the molecule is CCOC(=O)C1(Cc2cccc(CNS(C)(=O)=O)c2)CCN(Cc2cnc(C)n2Cc2ccc(C#N)cc2)CC1. The highest BCUT2D eigenvalue weighted by Crippen LogP contribution is 2.37. The fraction of sp³-hybridized carbons (Fsp3) is 0.433. The molecule has 0 spiro atoms. The number of sulfonamides is 1. The molecule has 10 heteroatoms. The molecule has 4 rings (SSSR count). The third-order valence-corrected chi connectivity index (χ3v) is 8.21. The third-order valence-electron chi connectivity index (χ3n) is 7.54. The van der Waals surface area contributed by atoms with Crippen molar-refractivity contribution < 1.29 is 17.9 Å². The molecule has 2 aromatic carbocycles. The van der Waals surface area contributed by atoms with Crippen molar-refractivity contribution in [2.24, 2.45) is 5.41 Å². The number of hydrogen-bond acceptors (Lipinski definition) is 7. The van der Waals surface area contributed by atoms with Gasteiger partial charge >= 0.3 is 5.97 Å². The van der Waals surface area contributed by atoms with Crippen LogP contribution < -0.4 is 4.72 Å². The van der Waals surface area contributed by atoms with Gasteiger partial charge < -0.3 is 9.30 Å². The lowest BCUT2D eigenvalue weighted by atomic mass is 9.73. The molecule has 9 nitrogen and oxygen atoms in total. The van der Waals surface area contributed by atoms with Crippen LogP contribution >= 0.6 is 0 Å². The van der Waals surface area contributed by atoms with Gasteiger partial charge in [0.05, 0.1) is 35.6 Å². The molecule has 1 N–H and O–H groups in total. The van der Waals surface area contributed by atoms with Gasteiger partial charge in [-0.3, -0.25) is 9.69 Å². The summed E-state index contributed by atoms with van der Waals surface area (Å²) in [6, 6.07) is 17.5. The number of nitriles is 1. The molecule has 2 heterocycles. The number of aromatic nitrogens is 2. The lowest BCUT2D eigenvalue weighted by Crippen LogP contribution is -2.46. The van der Waals surface area contributed by atoms with E-state index in [4.69, 9.17) is 10.00 Å². The molecular formula is C30H37N5O4S. The monoisotopic (exact) mass is 563 g/mol. The van der Waals surface area contributed by atoms with Gasteiger partial charge in [0.1, 0.15) is 5.82 Å². The van der Waals surface area contributed by atoms with E-state index in [-0.39, 0.29) is 12.5 Å². The molecule has 3 aromatic rings. The highest BCUT2D eigenvalue weighted by Gasteiger charge is 2.42. The van der Waals surface area contributed by atoms with Crippen molar-refractivity contribution in [2.45, 2.75) is 52.7 Å². The fourth-order valence-electron chi connectivity index (χ4n) is 5.28. The summed E-state index contributed by atoms with van der Waals surface area (Å²) in [5.41, 5.74) is 4.07. The number of rotatable bonds is 11. The van der Waals surface area contributed by atoms with E-state index in [0.717, 1.165) is 54.1 Å². The predicted molar refractivity (Wildman–Crippen MR) is 153 cm³/mol. The van der Waals surface area contributed by atoms with Crippen LogP contribution in [0.4, 0.5) is 0 Å². The number of likely N-dealkylation sites (tertiary alicyclic amines) is 1. The van der Waals surface area contributed by atoms with Crippen molar-refractivity contribution in [3.63, 3.8) is 0 Å². The van der Waals surface area contributed by atoms with Crippen LogP contribution in [-0.2, 0) is 45.6 Å². The molecular weight excluding hydrogens is 526 g/mol. The largest absolute Gasteiger partial charge is 0.466 e. The van der Waals surface area contributed by atoms with E-state index in [2.05, 4.69) is 25.2 Å². The zero-order valence-corrected chi connectivity index (χ0v) is 24.2. The second-order valence-corrected chi connectivity index (χ2v) is 12.4. The van der Waals surface area contributed by atoms with Crippen molar-refractivity contribution in [2.75, 3.05) is 26.0 Å². The van der Waals surface area contributed by atoms with Crippen molar-refractivity contribution in [3.8, 4) is 6.07 Å². The van der Waals surface area contributed by atoms with Gasteiger partial charge in [0.25, 0.3) is 0 Å². The summed E-state index contributed by atoms with van der Waals surface area (Å²) >= 11 is 0. The number of hydrogen-bond donors (Lipinski definition) is 1. The topological polar surface area (TPSA) is 117 Å². The van der Waals surface area contributed by atoms with Gasteiger partial charge in [-0.15, -0.1) is 0 Å². The maximum atomic E-state index is 13.3. The fourth-order valence-corrected chi connectivity index (χ4v) is 5.71. The molecule has 1 aliphatic heterocycles. The number of nitrogens with zero attached hydrogens (tertiary/aromatic N) is 4. The first-order valence-corrected chi connectivity index (χ1v) is 15.4. The first-order valence-electron chi connectivity index (χ1n) is 13.5. The number of aryl methyl sites for hydroxylation is 1. The number of nitrogens with one attached hydrogen (secondary N) is 1. The molecule has 0 bridgehead atoms. The maximum absolute atomic E-state index is 13.3. The van der Waals surface area contributed by atoms with Crippen LogP contribution in [0.5, 0.6) is 0 Å². The molecule has 0 atom stereocenters. The van der Waals surface area contributed by atoms with Crippen LogP contribution in [-0.4, -0.2) is 54.8 Å². The molecule has 0 saturated carbocycles. The number of ether oxygens (including phenoxy) is 1. The summed E-state index contributed by atoms with van der Waals surface area (Å²) in [6.45, 7) is 7.26. The summed E-state index contributed by atoms with van der Waals surface area (Å²) in [5, 5.41) is 9.08. The standard InChI is InChI=1S/C30H37N5O4S/c1-4-39-29(36)30(17-26-6-5-7-27(16-26)19-33-40(3,37)38)12-14-34(15-13-30)22-28-20-32-23(2)35(28)21-25-10-8-24(18-31)9-11-25/h5-11,16,20,33H,4,12-15,17,19,21-22H2,1-3H3. The number of imidazole rings is 1. The Labute approximate surface area is 236 Å². The molecule has 0 unspecified atom stereocenters. The van der Waals surface area contributed by atoms with Crippen LogP contribution in [0.1, 0.15) is 53.5 Å². The average Bonchev–Trinajstić information content (AvgIpc) is 3.27. The van der Waals surface area contributed by atoms with Crippen LogP contribution in [0.15, 0.2) is 54.7 Å². The Morgan fingerprint density at radius 3 is 2.45 bits per heavy atom. The first kappa shape index (κ1) is 29.5. The maximum Gasteiger partial charge on any atom is 0.312 e.